The number of pyridine rings is 1. The molecule has 0 unspecified atom stereocenters. The van der Waals surface area contributed by atoms with Crippen molar-refractivity contribution in [3.05, 3.63) is 51.9 Å². The van der Waals surface area contributed by atoms with Gasteiger partial charge in [0, 0.05) is 33.8 Å². The number of rotatable bonds is 5. The summed E-state index contributed by atoms with van der Waals surface area (Å²) in [5, 5.41) is 14.7. The predicted molar refractivity (Wildman–Crippen MR) is 126 cm³/mol. The summed E-state index contributed by atoms with van der Waals surface area (Å²) in [4.78, 5) is 22.4. The predicted octanol–water partition coefficient (Wildman–Crippen LogP) is 2.87. The van der Waals surface area contributed by atoms with Gasteiger partial charge in [-0.2, -0.15) is 4.98 Å². The Balaban J connectivity index is 1.79. The molecule has 1 saturated heterocycles. The molecular weight excluding hydrogens is 452 g/mol. The molecule has 0 aliphatic carbocycles. The van der Waals surface area contributed by atoms with E-state index in [2.05, 4.69) is 15.3 Å². The number of hydrogen-bond donors (Lipinski definition) is 2. The molecule has 0 atom stereocenters. The van der Waals surface area contributed by atoms with Crippen molar-refractivity contribution in [1.29, 1.82) is 0 Å². The van der Waals surface area contributed by atoms with Crippen molar-refractivity contribution < 1.29 is 13.5 Å². The number of sulfone groups is 1. The molecule has 0 spiro atoms. The van der Waals surface area contributed by atoms with E-state index in [4.69, 9.17) is 11.6 Å². The minimum absolute atomic E-state index is 0.0265. The first-order chi connectivity index (χ1) is 15.0. The summed E-state index contributed by atoms with van der Waals surface area (Å²) in [6.07, 6.45) is 2.57. The Morgan fingerprint density at radius 3 is 2.56 bits per heavy atom. The molecular formula is C22H25ClN4O4S. The molecule has 2 aromatic heterocycles. The summed E-state index contributed by atoms with van der Waals surface area (Å²) in [5.74, 6) is 0.572. The number of fused-ring (bicyclic) bond motifs is 1. The van der Waals surface area contributed by atoms with Crippen LogP contribution >= 0.6 is 11.6 Å². The zero-order chi connectivity index (χ0) is 23.1. The van der Waals surface area contributed by atoms with Crippen molar-refractivity contribution >= 4 is 38.4 Å². The fourth-order valence-corrected chi connectivity index (χ4v) is 5.58. The maximum atomic E-state index is 13.4. The number of nitrogens with zero attached hydrogens (tertiary/aromatic N) is 3. The van der Waals surface area contributed by atoms with Crippen LogP contribution in [0.15, 0.2) is 41.3 Å². The van der Waals surface area contributed by atoms with Crippen LogP contribution in [0.25, 0.3) is 22.2 Å². The van der Waals surface area contributed by atoms with Gasteiger partial charge in [-0.25, -0.2) is 13.4 Å². The van der Waals surface area contributed by atoms with Crippen LogP contribution in [0, 0.1) is 0 Å². The van der Waals surface area contributed by atoms with Crippen molar-refractivity contribution in [2.24, 2.45) is 0 Å². The first-order valence-corrected chi connectivity index (χ1v) is 12.6. The van der Waals surface area contributed by atoms with Gasteiger partial charge < -0.3 is 10.4 Å². The molecule has 0 bridgehead atoms. The Labute approximate surface area is 191 Å². The second-order valence-corrected chi connectivity index (χ2v) is 11.5. The molecule has 10 heteroatoms. The summed E-state index contributed by atoms with van der Waals surface area (Å²) in [6.45, 7) is 3.27. The van der Waals surface area contributed by atoms with E-state index in [9.17, 15) is 18.3 Å². The van der Waals surface area contributed by atoms with E-state index in [0.29, 0.717) is 46.0 Å². The number of nitrogens with one attached hydrogen (secondary N) is 1. The Morgan fingerprint density at radius 2 is 1.91 bits per heavy atom. The topological polar surface area (TPSA) is 114 Å². The van der Waals surface area contributed by atoms with Crippen LogP contribution in [0.1, 0.15) is 26.7 Å². The SMILES string of the molecule is CC(C)(O)Cn1c(=O)c(-c2ccccc2Cl)cc2cnc(NC3CCS(=O)(=O)CC3)nc21. The number of hydrogen-bond acceptors (Lipinski definition) is 7. The average molecular weight is 477 g/mol. The molecule has 0 radical (unpaired) electrons. The summed E-state index contributed by atoms with van der Waals surface area (Å²) in [5.41, 5.74) is -0.105. The largest absolute Gasteiger partial charge is 0.389 e. The van der Waals surface area contributed by atoms with Crippen LogP contribution in [0.2, 0.25) is 5.02 Å². The van der Waals surface area contributed by atoms with Gasteiger partial charge in [0.1, 0.15) is 15.5 Å². The van der Waals surface area contributed by atoms with Crippen LogP contribution in [-0.4, -0.2) is 51.2 Å². The molecule has 1 aliphatic rings. The van der Waals surface area contributed by atoms with E-state index in [1.165, 1.54) is 4.57 Å². The van der Waals surface area contributed by atoms with Gasteiger partial charge in [0.2, 0.25) is 5.95 Å². The maximum absolute atomic E-state index is 13.4. The van der Waals surface area contributed by atoms with E-state index in [-0.39, 0.29) is 29.7 Å². The normalized spacial score (nSPS) is 16.9. The Morgan fingerprint density at radius 1 is 1.22 bits per heavy atom. The molecule has 4 rings (SSSR count). The molecule has 1 fully saturated rings. The summed E-state index contributed by atoms with van der Waals surface area (Å²) < 4.78 is 24.8. The molecule has 0 amide bonds. The van der Waals surface area contributed by atoms with Gasteiger partial charge in [0.25, 0.3) is 5.56 Å². The number of halogens is 1. The molecule has 3 heterocycles. The lowest BCUT2D eigenvalue weighted by molar-refractivity contribution is 0.0617. The quantitative estimate of drug-likeness (QED) is 0.581. The zero-order valence-corrected chi connectivity index (χ0v) is 19.4. The van der Waals surface area contributed by atoms with Gasteiger partial charge in [-0.15, -0.1) is 0 Å². The highest BCUT2D eigenvalue weighted by Crippen LogP contribution is 2.28. The Kier molecular flexibility index (Phi) is 6.00. The fraction of sp³-hybridized carbons (Fsp3) is 0.409. The Bertz CT molecular complexity index is 1320. The smallest absolute Gasteiger partial charge is 0.260 e. The summed E-state index contributed by atoms with van der Waals surface area (Å²) in [6, 6.07) is 8.73. The highest BCUT2D eigenvalue weighted by molar-refractivity contribution is 7.91. The molecule has 0 saturated carbocycles. The number of aromatic nitrogens is 3. The van der Waals surface area contributed by atoms with Gasteiger partial charge in [0.05, 0.1) is 23.7 Å². The van der Waals surface area contributed by atoms with Crippen LogP contribution < -0.4 is 10.9 Å². The Hall–Kier alpha value is -2.49. The second kappa shape index (κ2) is 8.46. The van der Waals surface area contributed by atoms with Crippen LogP contribution in [0.4, 0.5) is 5.95 Å². The third-order valence-corrected chi connectivity index (χ3v) is 7.47. The summed E-state index contributed by atoms with van der Waals surface area (Å²) in [7, 11) is -2.97. The molecule has 170 valence electrons. The van der Waals surface area contributed by atoms with Gasteiger partial charge in [0.15, 0.2) is 0 Å². The third-order valence-electron chi connectivity index (χ3n) is 5.42. The molecule has 2 N–H and O–H groups in total. The number of aliphatic hydroxyl groups is 1. The van der Waals surface area contributed by atoms with Crippen molar-refractivity contribution in [3.63, 3.8) is 0 Å². The maximum Gasteiger partial charge on any atom is 0.260 e. The minimum Gasteiger partial charge on any atom is -0.389 e. The van der Waals surface area contributed by atoms with Gasteiger partial charge in [-0.3, -0.25) is 9.36 Å². The number of anilines is 1. The van der Waals surface area contributed by atoms with Crippen LogP contribution in [0.3, 0.4) is 0 Å². The first kappa shape index (κ1) is 22.7. The van der Waals surface area contributed by atoms with Gasteiger partial charge >= 0.3 is 0 Å². The lowest BCUT2D eigenvalue weighted by Crippen LogP contribution is -2.34. The van der Waals surface area contributed by atoms with E-state index >= 15 is 0 Å². The van der Waals surface area contributed by atoms with Crippen molar-refractivity contribution in [1.82, 2.24) is 14.5 Å². The minimum atomic E-state index is -2.97. The van der Waals surface area contributed by atoms with E-state index in [1.54, 1.807) is 50.4 Å². The summed E-state index contributed by atoms with van der Waals surface area (Å²) >= 11 is 6.34. The molecule has 8 nitrogen and oxygen atoms in total. The first-order valence-electron chi connectivity index (χ1n) is 10.4. The van der Waals surface area contributed by atoms with Crippen molar-refractivity contribution in [2.75, 3.05) is 16.8 Å². The molecule has 1 aliphatic heterocycles. The highest BCUT2D eigenvalue weighted by Gasteiger charge is 2.25. The zero-order valence-electron chi connectivity index (χ0n) is 17.9. The number of benzene rings is 1. The molecule has 32 heavy (non-hydrogen) atoms. The van der Waals surface area contributed by atoms with Gasteiger partial charge in [-0.05, 0) is 38.8 Å². The van der Waals surface area contributed by atoms with Crippen LogP contribution in [-0.2, 0) is 16.4 Å². The van der Waals surface area contributed by atoms with Gasteiger partial charge in [-0.1, -0.05) is 29.8 Å². The standard InChI is InChI=1S/C22H25ClN4O4S/c1-22(2,29)13-27-19-14(11-17(20(27)28)16-5-3-4-6-18(16)23)12-24-21(26-19)25-15-7-9-32(30,31)10-8-15/h3-6,11-12,15,29H,7-10,13H2,1-2H3,(H,24,25,26). The monoisotopic (exact) mass is 476 g/mol. The van der Waals surface area contributed by atoms with E-state index in [1.807, 2.05) is 0 Å². The van der Waals surface area contributed by atoms with Crippen molar-refractivity contribution in [3.8, 4) is 11.1 Å². The second-order valence-electron chi connectivity index (χ2n) is 8.78. The third kappa shape index (κ3) is 4.95. The van der Waals surface area contributed by atoms with E-state index in [0.717, 1.165) is 0 Å². The lowest BCUT2D eigenvalue weighted by Gasteiger charge is -2.24. The van der Waals surface area contributed by atoms with Crippen molar-refractivity contribution in [2.45, 2.75) is 44.9 Å². The highest BCUT2D eigenvalue weighted by atomic mass is 35.5. The molecule has 1 aromatic carbocycles. The van der Waals surface area contributed by atoms with Crippen LogP contribution in [0.5, 0.6) is 0 Å². The van der Waals surface area contributed by atoms with E-state index < -0.39 is 15.4 Å². The molecule has 3 aromatic rings. The average Bonchev–Trinajstić information content (AvgIpc) is 2.71. The fourth-order valence-electron chi connectivity index (χ4n) is 3.85. The lowest BCUT2D eigenvalue weighted by atomic mass is 10.0.